The van der Waals surface area contributed by atoms with Gasteiger partial charge in [0, 0.05) is 13.8 Å². The van der Waals surface area contributed by atoms with E-state index in [4.69, 9.17) is 5.21 Å². The highest BCUT2D eigenvalue weighted by atomic mass is 16.5. The fourth-order valence-electron chi connectivity index (χ4n) is 0. The van der Waals surface area contributed by atoms with Gasteiger partial charge in [0.2, 0.25) is 0 Å². The fourth-order valence-corrected chi connectivity index (χ4v) is 0. The summed E-state index contributed by atoms with van der Waals surface area (Å²) in [6, 6.07) is 0. The average Bonchev–Trinajstić information content (AvgIpc) is 1.36. The Hall–Kier alpha value is -0.530. The molecule has 2 nitrogen and oxygen atoms in total. The predicted molar refractivity (Wildman–Crippen MR) is 31.1 cm³/mol. The largest absolute Gasteiger partial charge is 0.291 e. The molecule has 0 fully saturated rings. The molecule has 1 N–H and O–H groups in total. The zero-order valence-electron chi connectivity index (χ0n) is 4.39. The number of hydrogen-bond donors (Lipinski definition) is 1. The van der Waals surface area contributed by atoms with Crippen molar-refractivity contribution in [3.05, 3.63) is 0 Å². The van der Waals surface area contributed by atoms with Crippen molar-refractivity contribution in [2.24, 2.45) is 0 Å². The lowest BCUT2D eigenvalue weighted by Crippen LogP contribution is -2.04. The highest BCUT2D eigenvalue weighted by molar-refractivity contribution is 5.73. The summed E-state index contributed by atoms with van der Waals surface area (Å²) in [6.45, 7) is 3.67. The van der Waals surface area contributed by atoms with Crippen molar-refractivity contribution < 1.29 is 9.95 Å². The molecule has 0 saturated carbocycles. The standard InChI is InChI=1S/C4H10NO.CH4/c1-4(2)5(3)6;/h6H,1-3H3;1H4/q+1;. The minimum atomic E-state index is 0. The Balaban J connectivity index is 0. The first-order valence-electron chi connectivity index (χ1n) is 1.87. The molecule has 0 radical (unpaired) electrons. The molecule has 2 heteroatoms. The van der Waals surface area contributed by atoms with Crippen LogP contribution in [0.15, 0.2) is 0 Å². The van der Waals surface area contributed by atoms with Gasteiger partial charge in [0.05, 0.1) is 0 Å². The van der Waals surface area contributed by atoms with Crippen molar-refractivity contribution >= 4 is 5.71 Å². The van der Waals surface area contributed by atoms with Crippen molar-refractivity contribution in [2.45, 2.75) is 21.3 Å². The van der Waals surface area contributed by atoms with Gasteiger partial charge in [-0.25, -0.2) is 0 Å². The quantitative estimate of drug-likeness (QED) is 0.212. The normalized spacial score (nSPS) is 6.71. The second kappa shape index (κ2) is 3.65. The van der Waals surface area contributed by atoms with Crippen LogP contribution in [0.4, 0.5) is 0 Å². The smallest absolute Gasteiger partial charge is 0.197 e. The van der Waals surface area contributed by atoms with E-state index >= 15 is 0 Å². The van der Waals surface area contributed by atoms with Crippen LogP contribution in [0, 0.1) is 0 Å². The maximum absolute atomic E-state index is 8.43. The summed E-state index contributed by atoms with van der Waals surface area (Å²) in [5.41, 5.74) is 0.898. The first-order chi connectivity index (χ1) is 2.64. The van der Waals surface area contributed by atoms with E-state index in [1.807, 2.05) is 13.8 Å². The van der Waals surface area contributed by atoms with E-state index in [0.717, 1.165) is 10.5 Å². The van der Waals surface area contributed by atoms with Crippen LogP contribution < -0.4 is 0 Å². The zero-order valence-corrected chi connectivity index (χ0v) is 4.39. The van der Waals surface area contributed by atoms with Gasteiger partial charge >= 0.3 is 0 Å². The van der Waals surface area contributed by atoms with E-state index < -0.39 is 0 Å². The van der Waals surface area contributed by atoms with E-state index in [1.165, 1.54) is 0 Å². The molecule has 0 aromatic carbocycles. The monoisotopic (exact) mass is 104 g/mol. The van der Waals surface area contributed by atoms with E-state index in [2.05, 4.69) is 0 Å². The molecule has 7 heavy (non-hydrogen) atoms. The van der Waals surface area contributed by atoms with Gasteiger partial charge in [0.1, 0.15) is 0 Å². The Morgan fingerprint density at radius 1 is 1.43 bits per heavy atom. The van der Waals surface area contributed by atoms with Crippen LogP contribution in [0.1, 0.15) is 21.3 Å². The lowest BCUT2D eigenvalue weighted by molar-refractivity contribution is -0.755. The third-order valence-electron chi connectivity index (χ3n) is 0.647. The first kappa shape index (κ1) is 9.69. The lowest BCUT2D eigenvalue weighted by Gasteiger charge is -1.78. The minimum Gasteiger partial charge on any atom is -0.291 e. The molecule has 0 amide bonds. The molecule has 0 bridgehead atoms. The second-order valence-electron chi connectivity index (χ2n) is 1.47. The Morgan fingerprint density at radius 2 is 1.57 bits per heavy atom. The number of hydroxylamine groups is 1. The van der Waals surface area contributed by atoms with Crippen LogP contribution in [-0.4, -0.2) is 22.7 Å². The molecule has 0 aromatic heterocycles. The summed E-state index contributed by atoms with van der Waals surface area (Å²) in [4.78, 5) is 0. The summed E-state index contributed by atoms with van der Waals surface area (Å²) in [5, 5.41) is 8.43. The molecule has 44 valence electrons. The Kier molecular flexibility index (Phi) is 5.06. The third-order valence-corrected chi connectivity index (χ3v) is 0.647. The number of hydrogen-bond acceptors (Lipinski definition) is 1. The first-order valence-corrected chi connectivity index (χ1v) is 1.87. The van der Waals surface area contributed by atoms with Gasteiger partial charge < -0.3 is 0 Å². The van der Waals surface area contributed by atoms with Crippen molar-refractivity contribution in [2.75, 3.05) is 7.05 Å². The topological polar surface area (TPSA) is 23.2 Å². The van der Waals surface area contributed by atoms with Gasteiger partial charge in [-0.15, -0.1) is 0 Å². The van der Waals surface area contributed by atoms with Crippen LogP contribution in [0.5, 0.6) is 0 Å². The van der Waals surface area contributed by atoms with E-state index in [1.54, 1.807) is 7.05 Å². The SMILES string of the molecule is C.CC(C)=[N+](C)O. The second-order valence-corrected chi connectivity index (χ2v) is 1.47. The lowest BCUT2D eigenvalue weighted by atomic mass is 10.5. The van der Waals surface area contributed by atoms with Gasteiger partial charge in [-0.2, -0.15) is 0 Å². The average molecular weight is 104 g/mol. The fraction of sp³-hybridized carbons (Fsp3) is 0.800. The van der Waals surface area contributed by atoms with E-state index in [9.17, 15) is 0 Å². The predicted octanol–water partition coefficient (Wildman–Crippen LogP) is 1.13. The van der Waals surface area contributed by atoms with Crippen LogP contribution in [0.3, 0.4) is 0 Å². The maximum Gasteiger partial charge on any atom is 0.197 e. The van der Waals surface area contributed by atoms with Gasteiger partial charge in [-0.3, -0.25) is 5.21 Å². The van der Waals surface area contributed by atoms with Gasteiger partial charge in [0.25, 0.3) is 0 Å². The molecule has 0 aliphatic carbocycles. The summed E-state index contributed by atoms with van der Waals surface area (Å²) in [5.74, 6) is 0. The maximum atomic E-state index is 8.43. The molecule has 0 heterocycles. The van der Waals surface area contributed by atoms with Crippen molar-refractivity contribution in [3.63, 3.8) is 0 Å². The Morgan fingerprint density at radius 3 is 1.57 bits per heavy atom. The molecule has 0 aromatic rings. The van der Waals surface area contributed by atoms with Gasteiger partial charge in [-0.05, 0) is 4.74 Å². The molecule has 0 saturated heterocycles. The molecule has 0 aliphatic rings. The number of rotatable bonds is 0. The Labute approximate surface area is 45.1 Å². The van der Waals surface area contributed by atoms with E-state index in [0.29, 0.717) is 0 Å². The van der Waals surface area contributed by atoms with Crippen LogP contribution in [-0.2, 0) is 0 Å². The summed E-state index contributed by atoms with van der Waals surface area (Å²) >= 11 is 0. The molecular formula is C5H14NO+. The number of nitrogens with zero attached hydrogens (tertiary/aromatic N) is 1. The molecule has 0 rings (SSSR count). The summed E-state index contributed by atoms with van der Waals surface area (Å²) < 4.78 is 1.08. The van der Waals surface area contributed by atoms with Gasteiger partial charge in [0.15, 0.2) is 12.8 Å². The molecule has 0 spiro atoms. The van der Waals surface area contributed by atoms with Gasteiger partial charge in [-0.1, -0.05) is 7.43 Å². The van der Waals surface area contributed by atoms with Crippen molar-refractivity contribution in [3.8, 4) is 0 Å². The highest BCUT2D eigenvalue weighted by Gasteiger charge is 1.87. The zero-order chi connectivity index (χ0) is 5.15. The molecule has 0 atom stereocenters. The highest BCUT2D eigenvalue weighted by Crippen LogP contribution is 1.63. The minimum absolute atomic E-state index is 0. The third kappa shape index (κ3) is 5.47. The molecular weight excluding hydrogens is 90.1 g/mol. The summed E-state index contributed by atoms with van der Waals surface area (Å²) in [7, 11) is 1.59. The van der Waals surface area contributed by atoms with Crippen LogP contribution in [0.25, 0.3) is 0 Å². The van der Waals surface area contributed by atoms with Crippen LogP contribution >= 0.6 is 0 Å². The van der Waals surface area contributed by atoms with Crippen molar-refractivity contribution in [1.29, 1.82) is 0 Å². The van der Waals surface area contributed by atoms with Crippen molar-refractivity contribution in [1.82, 2.24) is 0 Å². The van der Waals surface area contributed by atoms with Crippen LogP contribution in [0.2, 0.25) is 0 Å². The molecule has 0 aliphatic heterocycles. The summed E-state index contributed by atoms with van der Waals surface area (Å²) in [6.07, 6.45) is 0. The Bertz CT molecular complexity index is 58.1. The molecule has 0 unspecified atom stereocenters. The van der Waals surface area contributed by atoms with E-state index in [-0.39, 0.29) is 7.43 Å².